The Labute approximate surface area is 98.8 Å². The SMILES string of the molecule is Cc1cc(C(=O)N2CCCC(Cl)C2)cs1. The van der Waals surface area contributed by atoms with E-state index in [1.54, 1.807) is 11.3 Å². The molecule has 1 unspecified atom stereocenters. The molecule has 1 aromatic heterocycles. The number of aryl methyl sites for hydroxylation is 1. The minimum absolute atomic E-state index is 0.127. The number of hydrogen-bond donors (Lipinski definition) is 0. The van der Waals surface area contributed by atoms with Gasteiger partial charge in [0.2, 0.25) is 0 Å². The Morgan fingerprint density at radius 1 is 1.67 bits per heavy atom. The van der Waals surface area contributed by atoms with E-state index in [1.165, 1.54) is 4.88 Å². The summed E-state index contributed by atoms with van der Waals surface area (Å²) in [7, 11) is 0. The Morgan fingerprint density at radius 3 is 3.07 bits per heavy atom. The van der Waals surface area contributed by atoms with E-state index in [0.717, 1.165) is 24.9 Å². The maximum atomic E-state index is 12.0. The summed E-state index contributed by atoms with van der Waals surface area (Å²) in [4.78, 5) is 15.1. The van der Waals surface area contributed by atoms with E-state index in [0.29, 0.717) is 6.54 Å². The van der Waals surface area contributed by atoms with Gasteiger partial charge < -0.3 is 4.90 Å². The second-order valence-corrected chi connectivity index (χ2v) is 5.67. The second-order valence-electron chi connectivity index (χ2n) is 3.94. The van der Waals surface area contributed by atoms with Gasteiger partial charge in [0.15, 0.2) is 0 Å². The van der Waals surface area contributed by atoms with Gasteiger partial charge in [-0.25, -0.2) is 0 Å². The molecule has 0 aliphatic carbocycles. The molecule has 0 saturated carbocycles. The molecule has 1 atom stereocenters. The standard InChI is InChI=1S/C11H14ClNOS/c1-8-5-9(7-15-8)11(14)13-4-2-3-10(12)6-13/h5,7,10H,2-4,6H2,1H3. The van der Waals surface area contributed by atoms with Gasteiger partial charge in [-0.2, -0.15) is 0 Å². The van der Waals surface area contributed by atoms with Crippen LogP contribution < -0.4 is 0 Å². The van der Waals surface area contributed by atoms with Crippen LogP contribution in [0.2, 0.25) is 0 Å². The fourth-order valence-electron chi connectivity index (χ4n) is 1.85. The molecule has 2 rings (SSSR count). The Bertz CT molecular complexity index is 363. The number of thiophene rings is 1. The van der Waals surface area contributed by atoms with Gasteiger partial charge in [0.1, 0.15) is 0 Å². The van der Waals surface area contributed by atoms with Crippen LogP contribution in [0.15, 0.2) is 11.4 Å². The number of hydrogen-bond acceptors (Lipinski definition) is 2. The summed E-state index contributed by atoms with van der Waals surface area (Å²) in [6, 6.07) is 1.95. The molecule has 2 heterocycles. The lowest BCUT2D eigenvalue weighted by atomic mass is 10.1. The smallest absolute Gasteiger partial charge is 0.254 e. The van der Waals surface area contributed by atoms with Crippen molar-refractivity contribution in [3.8, 4) is 0 Å². The van der Waals surface area contributed by atoms with Gasteiger partial charge >= 0.3 is 0 Å². The quantitative estimate of drug-likeness (QED) is 0.695. The predicted octanol–water partition coefficient (Wildman–Crippen LogP) is 2.90. The molecule has 1 amide bonds. The number of halogens is 1. The first kappa shape index (κ1) is 11.0. The van der Waals surface area contributed by atoms with Gasteiger partial charge in [0, 0.05) is 23.3 Å². The third-order valence-electron chi connectivity index (χ3n) is 2.63. The van der Waals surface area contributed by atoms with Gasteiger partial charge in [-0.05, 0) is 25.8 Å². The molecule has 82 valence electrons. The second kappa shape index (κ2) is 4.54. The highest BCUT2D eigenvalue weighted by Gasteiger charge is 2.23. The van der Waals surface area contributed by atoms with Crippen molar-refractivity contribution in [3.05, 3.63) is 21.9 Å². The number of carbonyl (C=O) groups is 1. The Morgan fingerprint density at radius 2 is 2.47 bits per heavy atom. The molecule has 0 radical (unpaired) electrons. The maximum absolute atomic E-state index is 12.0. The number of likely N-dealkylation sites (tertiary alicyclic amines) is 1. The Balaban J connectivity index is 2.07. The Hall–Kier alpha value is -0.540. The number of nitrogens with zero attached hydrogens (tertiary/aromatic N) is 1. The molecule has 2 nitrogen and oxygen atoms in total. The summed E-state index contributed by atoms with van der Waals surface area (Å²) in [6.07, 6.45) is 2.04. The zero-order chi connectivity index (χ0) is 10.8. The summed E-state index contributed by atoms with van der Waals surface area (Å²) in [6.45, 7) is 3.55. The summed E-state index contributed by atoms with van der Waals surface area (Å²) in [5.41, 5.74) is 0.809. The van der Waals surface area contributed by atoms with Gasteiger partial charge in [-0.15, -0.1) is 22.9 Å². The topological polar surface area (TPSA) is 20.3 Å². The van der Waals surface area contributed by atoms with Crippen LogP contribution in [-0.4, -0.2) is 29.3 Å². The molecular formula is C11H14ClNOS. The van der Waals surface area contributed by atoms with Crippen LogP contribution >= 0.6 is 22.9 Å². The minimum atomic E-state index is 0.127. The fraction of sp³-hybridized carbons (Fsp3) is 0.545. The van der Waals surface area contributed by atoms with E-state index in [2.05, 4.69) is 0 Å². The van der Waals surface area contributed by atoms with E-state index in [1.807, 2.05) is 23.3 Å². The zero-order valence-corrected chi connectivity index (χ0v) is 10.3. The first-order chi connectivity index (χ1) is 7.16. The van der Waals surface area contributed by atoms with Crippen LogP contribution in [0, 0.1) is 6.92 Å². The molecule has 4 heteroatoms. The highest BCUT2D eigenvalue weighted by molar-refractivity contribution is 7.10. The van der Waals surface area contributed by atoms with E-state index < -0.39 is 0 Å². The molecule has 1 aromatic rings. The first-order valence-corrected chi connectivity index (χ1v) is 6.47. The normalized spacial score (nSPS) is 21.7. The molecule has 1 aliphatic heterocycles. The first-order valence-electron chi connectivity index (χ1n) is 5.15. The van der Waals surface area contributed by atoms with Crippen LogP contribution in [0.1, 0.15) is 28.1 Å². The van der Waals surface area contributed by atoms with Crippen molar-refractivity contribution in [3.63, 3.8) is 0 Å². The largest absolute Gasteiger partial charge is 0.337 e. The van der Waals surface area contributed by atoms with Gasteiger partial charge in [-0.1, -0.05) is 0 Å². The van der Waals surface area contributed by atoms with Crippen molar-refractivity contribution in [1.29, 1.82) is 0 Å². The van der Waals surface area contributed by atoms with Crippen LogP contribution in [0.3, 0.4) is 0 Å². The highest BCUT2D eigenvalue weighted by atomic mass is 35.5. The molecule has 0 spiro atoms. The van der Waals surface area contributed by atoms with E-state index >= 15 is 0 Å². The van der Waals surface area contributed by atoms with Crippen LogP contribution in [0.25, 0.3) is 0 Å². The maximum Gasteiger partial charge on any atom is 0.254 e. The third-order valence-corrected chi connectivity index (χ3v) is 3.85. The number of alkyl halides is 1. The van der Waals surface area contributed by atoms with Crippen molar-refractivity contribution >= 4 is 28.8 Å². The highest BCUT2D eigenvalue weighted by Crippen LogP contribution is 2.20. The lowest BCUT2D eigenvalue weighted by Crippen LogP contribution is -2.40. The average Bonchev–Trinajstić information content (AvgIpc) is 2.64. The molecule has 1 saturated heterocycles. The molecule has 1 aliphatic rings. The zero-order valence-electron chi connectivity index (χ0n) is 8.70. The van der Waals surface area contributed by atoms with Crippen LogP contribution in [0.4, 0.5) is 0 Å². The predicted molar refractivity (Wildman–Crippen MR) is 63.8 cm³/mol. The van der Waals surface area contributed by atoms with Crippen molar-refractivity contribution in [2.75, 3.05) is 13.1 Å². The van der Waals surface area contributed by atoms with Gasteiger partial charge in [0.05, 0.1) is 10.9 Å². The number of rotatable bonds is 1. The Kier molecular flexibility index (Phi) is 3.32. The summed E-state index contributed by atoms with van der Waals surface area (Å²) in [5.74, 6) is 0.129. The summed E-state index contributed by atoms with van der Waals surface area (Å²) in [5, 5.41) is 2.05. The lowest BCUT2D eigenvalue weighted by Gasteiger charge is -2.29. The third kappa shape index (κ3) is 2.52. The van der Waals surface area contributed by atoms with Gasteiger partial charge in [-0.3, -0.25) is 4.79 Å². The van der Waals surface area contributed by atoms with Crippen molar-refractivity contribution in [1.82, 2.24) is 4.90 Å². The lowest BCUT2D eigenvalue weighted by molar-refractivity contribution is 0.0727. The summed E-state index contributed by atoms with van der Waals surface area (Å²) >= 11 is 7.67. The van der Waals surface area contributed by atoms with Gasteiger partial charge in [0.25, 0.3) is 5.91 Å². The van der Waals surface area contributed by atoms with E-state index in [4.69, 9.17) is 11.6 Å². The molecule has 0 bridgehead atoms. The van der Waals surface area contributed by atoms with Crippen molar-refractivity contribution in [2.45, 2.75) is 25.1 Å². The van der Waals surface area contributed by atoms with E-state index in [9.17, 15) is 4.79 Å². The average molecular weight is 244 g/mol. The molecule has 0 aromatic carbocycles. The van der Waals surface area contributed by atoms with Crippen LogP contribution in [-0.2, 0) is 0 Å². The fourth-order valence-corrected chi connectivity index (χ4v) is 2.85. The molecule has 15 heavy (non-hydrogen) atoms. The molecule has 1 fully saturated rings. The van der Waals surface area contributed by atoms with E-state index in [-0.39, 0.29) is 11.3 Å². The number of carbonyl (C=O) groups excluding carboxylic acids is 1. The number of piperidine rings is 1. The van der Waals surface area contributed by atoms with Crippen molar-refractivity contribution in [2.24, 2.45) is 0 Å². The van der Waals surface area contributed by atoms with Crippen molar-refractivity contribution < 1.29 is 4.79 Å². The molecule has 0 N–H and O–H groups in total. The molecular weight excluding hydrogens is 230 g/mol. The minimum Gasteiger partial charge on any atom is -0.337 e. The van der Waals surface area contributed by atoms with Crippen LogP contribution in [0.5, 0.6) is 0 Å². The summed E-state index contributed by atoms with van der Waals surface area (Å²) < 4.78 is 0. The monoisotopic (exact) mass is 243 g/mol. The number of amides is 1.